The number of nitrogens with one attached hydrogen (secondary N) is 1. The fourth-order valence-corrected chi connectivity index (χ4v) is 3.44. The molecule has 0 bridgehead atoms. The van der Waals surface area contributed by atoms with E-state index in [-0.39, 0.29) is 17.1 Å². The molecule has 0 aromatic carbocycles. The molecule has 2 rings (SSSR count). The number of carbonyl (C=O) groups is 1. The van der Waals surface area contributed by atoms with E-state index in [9.17, 15) is 4.79 Å². The van der Waals surface area contributed by atoms with Crippen LogP contribution in [0.2, 0.25) is 0 Å². The number of hydrogen-bond acceptors (Lipinski definition) is 3. The highest BCUT2D eigenvalue weighted by Gasteiger charge is 2.40. The molecule has 1 amide bonds. The molecule has 0 spiro atoms. The van der Waals surface area contributed by atoms with Crippen LogP contribution < -0.4 is 5.32 Å². The Labute approximate surface area is 116 Å². The van der Waals surface area contributed by atoms with Gasteiger partial charge in [-0.25, -0.2) is 0 Å². The van der Waals surface area contributed by atoms with Gasteiger partial charge in [0.2, 0.25) is 5.91 Å². The molecule has 1 atom stereocenters. The zero-order chi connectivity index (χ0) is 14.1. The zero-order valence-corrected chi connectivity index (χ0v) is 12.8. The lowest BCUT2D eigenvalue weighted by Crippen LogP contribution is -2.58. The van der Waals surface area contributed by atoms with Crippen molar-refractivity contribution >= 4 is 5.91 Å². The van der Waals surface area contributed by atoms with E-state index < -0.39 is 0 Å². The molecular weight excluding hydrogens is 240 g/mol. The number of rotatable bonds is 2. The van der Waals surface area contributed by atoms with Gasteiger partial charge < -0.3 is 15.0 Å². The molecule has 110 valence electrons. The Hall–Kier alpha value is -0.610. The highest BCUT2D eigenvalue weighted by Crippen LogP contribution is 2.29. The lowest BCUT2D eigenvalue weighted by molar-refractivity contribution is -0.188. The quantitative estimate of drug-likeness (QED) is 0.830. The van der Waals surface area contributed by atoms with Crippen molar-refractivity contribution in [2.24, 2.45) is 5.92 Å². The van der Waals surface area contributed by atoms with E-state index >= 15 is 0 Å². The third-order valence-electron chi connectivity index (χ3n) is 3.91. The number of nitrogens with zero attached hydrogens (tertiary/aromatic N) is 1. The van der Waals surface area contributed by atoms with E-state index in [1.54, 1.807) is 0 Å². The molecule has 0 aromatic heterocycles. The zero-order valence-electron chi connectivity index (χ0n) is 12.8. The monoisotopic (exact) mass is 268 g/mol. The van der Waals surface area contributed by atoms with Crippen LogP contribution in [0, 0.1) is 5.92 Å². The number of ether oxygens (including phenoxy) is 1. The fraction of sp³-hybridized carbons (Fsp3) is 0.933. The first kappa shape index (κ1) is 14.8. The summed E-state index contributed by atoms with van der Waals surface area (Å²) in [5.41, 5.74) is -0.496. The second kappa shape index (κ2) is 5.41. The molecule has 0 aliphatic carbocycles. The molecule has 2 aliphatic heterocycles. The molecule has 2 heterocycles. The summed E-state index contributed by atoms with van der Waals surface area (Å²) in [5.74, 6) is 0.800. The third kappa shape index (κ3) is 4.18. The van der Waals surface area contributed by atoms with Crippen LogP contribution in [0.15, 0.2) is 0 Å². The van der Waals surface area contributed by atoms with Gasteiger partial charge in [-0.15, -0.1) is 0 Å². The minimum Gasteiger partial charge on any atom is -0.366 e. The van der Waals surface area contributed by atoms with Gasteiger partial charge in [-0.3, -0.25) is 4.79 Å². The number of piperidine rings is 1. The van der Waals surface area contributed by atoms with Gasteiger partial charge in [0.15, 0.2) is 0 Å². The van der Waals surface area contributed by atoms with Crippen molar-refractivity contribution in [1.29, 1.82) is 0 Å². The lowest BCUT2D eigenvalue weighted by Gasteiger charge is -2.47. The van der Waals surface area contributed by atoms with Gasteiger partial charge in [-0.2, -0.15) is 0 Å². The van der Waals surface area contributed by atoms with Gasteiger partial charge in [0, 0.05) is 19.5 Å². The van der Waals surface area contributed by atoms with Crippen LogP contribution in [0.3, 0.4) is 0 Å². The first-order valence-electron chi connectivity index (χ1n) is 7.46. The van der Waals surface area contributed by atoms with Crippen LogP contribution in [0.1, 0.15) is 47.0 Å². The lowest BCUT2D eigenvalue weighted by atomic mass is 9.93. The maximum absolute atomic E-state index is 12.5. The van der Waals surface area contributed by atoms with E-state index in [0.717, 1.165) is 13.1 Å². The van der Waals surface area contributed by atoms with Crippen LogP contribution >= 0.6 is 0 Å². The molecule has 19 heavy (non-hydrogen) atoms. The SMILES string of the molecule is CC1(C)CN(C(=O)CC2CCCNC2)CC(C)(C)O1. The fourth-order valence-electron chi connectivity index (χ4n) is 3.44. The Balaban J connectivity index is 1.94. The Bertz CT molecular complexity index is 317. The molecule has 0 radical (unpaired) electrons. The maximum atomic E-state index is 12.5. The van der Waals surface area contributed by atoms with Gasteiger partial charge in [-0.05, 0) is 59.5 Å². The highest BCUT2D eigenvalue weighted by molar-refractivity contribution is 5.76. The van der Waals surface area contributed by atoms with E-state index in [1.807, 2.05) is 4.90 Å². The summed E-state index contributed by atoms with van der Waals surface area (Å²) < 4.78 is 6.03. The minimum absolute atomic E-state index is 0.248. The van der Waals surface area contributed by atoms with Crippen molar-refractivity contribution in [1.82, 2.24) is 10.2 Å². The van der Waals surface area contributed by atoms with Crippen molar-refractivity contribution in [2.45, 2.75) is 58.2 Å². The number of hydrogen-bond donors (Lipinski definition) is 1. The molecule has 2 aliphatic rings. The molecule has 0 saturated carbocycles. The normalized spacial score (nSPS) is 30.1. The minimum atomic E-state index is -0.248. The third-order valence-corrected chi connectivity index (χ3v) is 3.91. The van der Waals surface area contributed by atoms with Crippen LogP contribution in [-0.2, 0) is 9.53 Å². The van der Waals surface area contributed by atoms with Gasteiger partial charge in [0.25, 0.3) is 0 Å². The van der Waals surface area contributed by atoms with Crippen LogP contribution in [0.5, 0.6) is 0 Å². The van der Waals surface area contributed by atoms with E-state index in [2.05, 4.69) is 33.0 Å². The maximum Gasteiger partial charge on any atom is 0.223 e. The summed E-state index contributed by atoms with van der Waals surface area (Å²) in [6.45, 7) is 11.8. The summed E-state index contributed by atoms with van der Waals surface area (Å²) in [6, 6.07) is 0. The summed E-state index contributed by atoms with van der Waals surface area (Å²) in [6.07, 6.45) is 3.05. The van der Waals surface area contributed by atoms with E-state index in [0.29, 0.717) is 25.4 Å². The van der Waals surface area contributed by atoms with Crippen LogP contribution in [0.25, 0.3) is 0 Å². The summed E-state index contributed by atoms with van der Waals surface area (Å²) in [7, 11) is 0. The molecular formula is C15H28N2O2. The van der Waals surface area contributed by atoms with Crippen molar-refractivity contribution in [3.05, 3.63) is 0 Å². The largest absolute Gasteiger partial charge is 0.366 e. The second-order valence-electron chi connectivity index (χ2n) is 7.29. The summed E-state index contributed by atoms with van der Waals surface area (Å²) in [5, 5.41) is 3.38. The smallest absolute Gasteiger partial charge is 0.223 e. The molecule has 4 heteroatoms. The van der Waals surface area contributed by atoms with E-state index in [4.69, 9.17) is 4.74 Å². The van der Waals surface area contributed by atoms with Crippen molar-refractivity contribution < 1.29 is 9.53 Å². The molecule has 2 fully saturated rings. The Kier molecular flexibility index (Phi) is 4.21. The second-order valence-corrected chi connectivity index (χ2v) is 7.29. The predicted octanol–water partition coefficient (Wildman–Crippen LogP) is 1.79. The van der Waals surface area contributed by atoms with Crippen molar-refractivity contribution in [3.8, 4) is 0 Å². The molecule has 1 N–H and O–H groups in total. The molecule has 2 saturated heterocycles. The number of morpholine rings is 1. The molecule has 4 nitrogen and oxygen atoms in total. The molecule has 1 unspecified atom stereocenters. The van der Waals surface area contributed by atoms with Gasteiger partial charge in [0.1, 0.15) is 0 Å². The first-order valence-corrected chi connectivity index (χ1v) is 7.46. The van der Waals surface area contributed by atoms with Crippen molar-refractivity contribution in [3.63, 3.8) is 0 Å². The topological polar surface area (TPSA) is 41.6 Å². The van der Waals surface area contributed by atoms with Gasteiger partial charge in [-0.1, -0.05) is 0 Å². The van der Waals surface area contributed by atoms with E-state index in [1.165, 1.54) is 12.8 Å². The average Bonchev–Trinajstić information content (AvgIpc) is 2.26. The van der Waals surface area contributed by atoms with Crippen LogP contribution in [0.4, 0.5) is 0 Å². The Morgan fingerprint density at radius 3 is 2.42 bits per heavy atom. The first-order chi connectivity index (χ1) is 8.77. The Morgan fingerprint density at radius 2 is 1.89 bits per heavy atom. The number of carbonyl (C=O) groups excluding carboxylic acids is 1. The summed E-state index contributed by atoms with van der Waals surface area (Å²) in [4.78, 5) is 14.5. The van der Waals surface area contributed by atoms with Crippen LogP contribution in [-0.4, -0.2) is 48.2 Å². The van der Waals surface area contributed by atoms with Gasteiger partial charge >= 0.3 is 0 Å². The van der Waals surface area contributed by atoms with Gasteiger partial charge in [0.05, 0.1) is 11.2 Å². The Morgan fingerprint density at radius 1 is 1.26 bits per heavy atom. The van der Waals surface area contributed by atoms with Crippen molar-refractivity contribution in [2.75, 3.05) is 26.2 Å². The average molecular weight is 268 g/mol. The summed E-state index contributed by atoms with van der Waals surface area (Å²) >= 11 is 0. The predicted molar refractivity (Wildman–Crippen MR) is 76.0 cm³/mol. The standard InChI is InChI=1S/C15H28N2O2/c1-14(2)10-17(11-15(3,4)19-14)13(18)8-12-6-5-7-16-9-12/h12,16H,5-11H2,1-4H3. The molecule has 0 aromatic rings. The number of amides is 1. The highest BCUT2D eigenvalue weighted by atomic mass is 16.5.